The van der Waals surface area contributed by atoms with Gasteiger partial charge in [-0.3, -0.25) is 9.58 Å². The summed E-state index contributed by atoms with van der Waals surface area (Å²) in [5.74, 6) is 1.70. The summed E-state index contributed by atoms with van der Waals surface area (Å²) in [6.45, 7) is 9.73. The van der Waals surface area contributed by atoms with Crippen molar-refractivity contribution in [1.29, 1.82) is 0 Å². The van der Waals surface area contributed by atoms with Crippen molar-refractivity contribution in [1.82, 2.24) is 24.8 Å². The minimum atomic E-state index is 0.265. The second-order valence-corrected chi connectivity index (χ2v) is 7.37. The highest BCUT2D eigenvalue weighted by atomic mass is 16.5. The van der Waals surface area contributed by atoms with Crippen molar-refractivity contribution in [2.45, 2.75) is 32.9 Å². The van der Waals surface area contributed by atoms with Gasteiger partial charge in [0.15, 0.2) is 0 Å². The van der Waals surface area contributed by atoms with Crippen LogP contribution < -0.4 is 4.90 Å². The lowest BCUT2D eigenvalue weighted by Gasteiger charge is -2.33. The highest BCUT2D eigenvalue weighted by molar-refractivity contribution is 5.29. The monoisotopic (exact) mass is 366 g/mol. The maximum Gasteiger partial charge on any atom is 0.266 e. The molecule has 1 fully saturated rings. The molecule has 0 aliphatic carbocycles. The van der Waals surface area contributed by atoms with E-state index in [1.54, 1.807) is 0 Å². The first-order valence-corrected chi connectivity index (χ1v) is 9.53. The van der Waals surface area contributed by atoms with Gasteiger partial charge in [0.05, 0.1) is 6.54 Å². The largest absolute Gasteiger partial charge is 0.337 e. The first-order valence-electron chi connectivity index (χ1n) is 9.53. The minimum absolute atomic E-state index is 0.265. The highest BCUT2D eigenvalue weighted by Crippen LogP contribution is 2.18. The molecule has 1 aliphatic rings. The lowest BCUT2D eigenvalue weighted by molar-refractivity contribution is 0.248. The average Bonchev–Trinajstić information content (AvgIpc) is 3.35. The van der Waals surface area contributed by atoms with Crippen LogP contribution in [-0.2, 0) is 13.1 Å². The van der Waals surface area contributed by atoms with Crippen molar-refractivity contribution < 1.29 is 4.52 Å². The fourth-order valence-electron chi connectivity index (χ4n) is 3.36. The quantitative estimate of drug-likeness (QED) is 0.668. The normalized spacial score (nSPS) is 15.6. The Morgan fingerprint density at radius 1 is 1.04 bits per heavy atom. The smallest absolute Gasteiger partial charge is 0.266 e. The molecule has 0 amide bonds. The highest BCUT2D eigenvalue weighted by Gasteiger charge is 2.21. The summed E-state index contributed by atoms with van der Waals surface area (Å²) in [4.78, 5) is 9.20. The van der Waals surface area contributed by atoms with Crippen LogP contribution in [-0.4, -0.2) is 51.0 Å². The number of hydrogen-bond donors (Lipinski definition) is 0. The molecule has 2 aromatic heterocycles. The van der Waals surface area contributed by atoms with E-state index in [4.69, 9.17) is 4.52 Å². The summed E-state index contributed by atoms with van der Waals surface area (Å²) in [5.41, 5.74) is 2.62. The molecule has 1 aromatic carbocycles. The molecule has 3 heterocycles. The number of aromatic nitrogens is 4. The molecule has 0 spiro atoms. The number of hydrogen-bond acceptors (Lipinski definition) is 6. The molecule has 0 unspecified atom stereocenters. The number of rotatable bonds is 6. The Bertz CT molecular complexity index is 849. The Morgan fingerprint density at radius 2 is 1.81 bits per heavy atom. The minimum Gasteiger partial charge on any atom is -0.337 e. The first kappa shape index (κ1) is 17.7. The zero-order valence-electron chi connectivity index (χ0n) is 16.0. The number of piperazine rings is 1. The summed E-state index contributed by atoms with van der Waals surface area (Å²) < 4.78 is 7.29. The molecule has 0 atom stereocenters. The standard InChI is InChI=1S/C20H26N6O/c1-16(2)19-22-20(23-27-19)25-11-9-24(10-12-25)14-17-5-3-6-18(13-17)15-26-8-4-7-21-26/h3-8,13,16H,9-12,14-15H2,1-2H3. The zero-order chi connectivity index (χ0) is 18.6. The van der Waals surface area contributed by atoms with E-state index in [-0.39, 0.29) is 5.92 Å². The van der Waals surface area contributed by atoms with Gasteiger partial charge in [-0.25, -0.2) is 0 Å². The molecule has 1 saturated heterocycles. The predicted octanol–water partition coefficient (Wildman–Crippen LogP) is 2.76. The maximum atomic E-state index is 5.33. The van der Waals surface area contributed by atoms with Crippen molar-refractivity contribution in [3.8, 4) is 0 Å². The lowest BCUT2D eigenvalue weighted by Crippen LogP contribution is -2.46. The summed E-state index contributed by atoms with van der Waals surface area (Å²) in [6, 6.07) is 10.7. The molecule has 0 radical (unpaired) electrons. The first-order chi connectivity index (χ1) is 13.2. The third-order valence-corrected chi connectivity index (χ3v) is 4.88. The van der Waals surface area contributed by atoms with Gasteiger partial charge in [0.25, 0.3) is 5.95 Å². The van der Waals surface area contributed by atoms with Gasteiger partial charge in [-0.1, -0.05) is 38.1 Å². The molecule has 142 valence electrons. The van der Waals surface area contributed by atoms with Crippen molar-refractivity contribution in [2.24, 2.45) is 0 Å². The van der Waals surface area contributed by atoms with Crippen LogP contribution >= 0.6 is 0 Å². The van der Waals surface area contributed by atoms with Crippen LogP contribution in [0, 0.1) is 0 Å². The Labute approximate surface area is 159 Å². The summed E-state index contributed by atoms with van der Waals surface area (Å²) in [7, 11) is 0. The summed E-state index contributed by atoms with van der Waals surface area (Å²) >= 11 is 0. The van der Waals surface area contributed by atoms with Gasteiger partial charge >= 0.3 is 0 Å². The third kappa shape index (κ3) is 4.36. The van der Waals surface area contributed by atoms with Crippen molar-refractivity contribution in [3.63, 3.8) is 0 Å². The summed E-state index contributed by atoms with van der Waals surface area (Å²) in [6.07, 6.45) is 3.81. The van der Waals surface area contributed by atoms with E-state index in [1.165, 1.54) is 11.1 Å². The zero-order valence-corrected chi connectivity index (χ0v) is 16.0. The van der Waals surface area contributed by atoms with Gasteiger partial charge in [0, 0.05) is 51.0 Å². The molecule has 1 aliphatic heterocycles. The van der Waals surface area contributed by atoms with Gasteiger partial charge in [0.1, 0.15) is 0 Å². The molecule has 3 aromatic rings. The van der Waals surface area contributed by atoms with Crippen molar-refractivity contribution in [3.05, 3.63) is 59.7 Å². The maximum absolute atomic E-state index is 5.33. The van der Waals surface area contributed by atoms with E-state index >= 15 is 0 Å². The fraction of sp³-hybridized carbons (Fsp3) is 0.450. The Balaban J connectivity index is 1.32. The van der Waals surface area contributed by atoms with E-state index in [0.29, 0.717) is 5.89 Å². The van der Waals surface area contributed by atoms with Crippen molar-refractivity contribution >= 4 is 5.95 Å². The number of anilines is 1. The van der Waals surface area contributed by atoms with Crippen molar-refractivity contribution in [2.75, 3.05) is 31.1 Å². The van der Waals surface area contributed by atoms with E-state index in [0.717, 1.165) is 45.2 Å². The van der Waals surface area contributed by atoms with Crippen LogP contribution in [0.2, 0.25) is 0 Å². The number of benzene rings is 1. The second-order valence-electron chi connectivity index (χ2n) is 7.37. The molecular formula is C20H26N6O. The average molecular weight is 366 g/mol. The van der Waals surface area contributed by atoms with Crippen LogP contribution in [0.25, 0.3) is 0 Å². The van der Waals surface area contributed by atoms with E-state index < -0.39 is 0 Å². The molecular weight excluding hydrogens is 340 g/mol. The molecule has 7 nitrogen and oxygen atoms in total. The van der Waals surface area contributed by atoms with Gasteiger partial charge in [-0.15, -0.1) is 0 Å². The van der Waals surface area contributed by atoms with Crippen LogP contribution in [0.1, 0.15) is 36.8 Å². The molecule has 4 rings (SSSR count). The molecule has 0 saturated carbocycles. The molecule has 27 heavy (non-hydrogen) atoms. The van der Waals surface area contributed by atoms with Gasteiger partial charge in [-0.2, -0.15) is 10.1 Å². The van der Waals surface area contributed by atoms with Crippen LogP contribution in [0.15, 0.2) is 47.2 Å². The van der Waals surface area contributed by atoms with Crippen LogP contribution in [0.4, 0.5) is 5.95 Å². The van der Waals surface area contributed by atoms with Gasteiger partial charge < -0.3 is 9.42 Å². The van der Waals surface area contributed by atoms with E-state index in [9.17, 15) is 0 Å². The van der Waals surface area contributed by atoms with Crippen LogP contribution in [0.3, 0.4) is 0 Å². The molecule has 0 bridgehead atoms. The molecule has 7 heteroatoms. The predicted molar refractivity (Wildman–Crippen MR) is 104 cm³/mol. The van der Waals surface area contributed by atoms with Gasteiger partial charge in [0.2, 0.25) is 5.89 Å². The topological polar surface area (TPSA) is 63.2 Å². The lowest BCUT2D eigenvalue weighted by atomic mass is 10.1. The third-order valence-electron chi connectivity index (χ3n) is 4.88. The van der Waals surface area contributed by atoms with Gasteiger partial charge in [-0.05, 0) is 22.3 Å². The Hall–Kier alpha value is -2.67. The number of nitrogens with zero attached hydrogens (tertiary/aromatic N) is 6. The fourth-order valence-corrected chi connectivity index (χ4v) is 3.36. The van der Waals surface area contributed by atoms with Crippen LogP contribution in [0.5, 0.6) is 0 Å². The Kier molecular flexibility index (Phi) is 5.20. The molecule has 0 N–H and O–H groups in total. The summed E-state index contributed by atoms with van der Waals surface area (Å²) in [5, 5.41) is 8.42. The second kappa shape index (κ2) is 7.92. The van der Waals surface area contributed by atoms with E-state index in [1.807, 2.05) is 23.1 Å². The Morgan fingerprint density at radius 3 is 2.48 bits per heavy atom. The van der Waals surface area contributed by atoms with E-state index in [2.05, 4.69) is 63.2 Å². The SMILES string of the molecule is CC(C)c1nc(N2CCN(Cc3cccc(Cn4cccn4)c3)CC2)no1.